The zero-order valence-electron chi connectivity index (χ0n) is 9.53. The van der Waals surface area contributed by atoms with Crippen molar-refractivity contribution in [3.8, 4) is 0 Å². The number of nitrogens with one attached hydrogen (secondary N) is 1. The second-order valence-corrected chi connectivity index (χ2v) is 3.83. The lowest BCUT2D eigenvalue weighted by Crippen LogP contribution is -1.99. The number of benzene rings is 1. The molecule has 2 heteroatoms. The van der Waals surface area contributed by atoms with Crippen LogP contribution < -0.4 is 5.32 Å². The van der Waals surface area contributed by atoms with Gasteiger partial charge in [-0.25, -0.2) is 0 Å². The normalized spacial score (nSPS) is 15.4. The summed E-state index contributed by atoms with van der Waals surface area (Å²) in [5.41, 5.74) is 5.09. The zero-order chi connectivity index (χ0) is 11.4. The molecule has 0 amide bonds. The smallest absolute Gasteiger partial charge is 0.0287 e. The number of fused-ring (bicyclic) bond motifs is 1. The molecule has 82 valence electrons. The van der Waals surface area contributed by atoms with Crippen LogP contribution in [0.4, 0.5) is 0 Å². The van der Waals surface area contributed by atoms with Crippen molar-refractivity contribution in [3.05, 3.63) is 53.6 Å². The van der Waals surface area contributed by atoms with Gasteiger partial charge in [-0.2, -0.15) is 0 Å². The maximum atomic E-state index is 4.07. The molecular formula is C14H16N2. The fraction of sp³-hybridized carbons (Fsp3) is 0.214. The van der Waals surface area contributed by atoms with E-state index in [0.29, 0.717) is 0 Å². The number of allylic oxidation sites excluding steroid dienone is 3. The SMILES string of the molecule is C=C/C=C(\C=NC)c1ccc2c(c1)CNC2. The molecule has 0 saturated heterocycles. The largest absolute Gasteiger partial charge is 0.309 e. The van der Waals surface area contributed by atoms with Gasteiger partial charge >= 0.3 is 0 Å². The predicted octanol–water partition coefficient (Wildman–Crippen LogP) is 2.56. The van der Waals surface area contributed by atoms with Gasteiger partial charge in [-0.15, -0.1) is 0 Å². The number of aliphatic imine (C=N–C) groups is 1. The lowest BCUT2D eigenvalue weighted by molar-refractivity contribution is 0.765. The Bertz CT molecular complexity index is 456. The molecule has 1 heterocycles. The minimum Gasteiger partial charge on any atom is -0.309 e. The first-order valence-corrected chi connectivity index (χ1v) is 5.43. The van der Waals surface area contributed by atoms with E-state index in [0.717, 1.165) is 18.7 Å². The Morgan fingerprint density at radius 2 is 2.19 bits per heavy atom. The van der Waals surface area contributed by atoms with Gasteiger partial charge in [0.15, 0.2) is 0 Å². The zero-order valence-corrected chi connectivity index (χ0v) is 9.53. The highest BCUT2D eigenvalue weighted by Crippen LogP contribution is 2.21. The van der Waals surface area contributed by atoms with Crippen molar-refractivity contribution < 1.29 is 0 Å². The van der Waals surface area contributed by atoms with Crippen molar-refractivity contribution in [3.63, 3.8) is 0 Å². The van der Waals surface area contributed by atoms with Gasteiger partial charge in [-0.3, -0.25) is 4.99 Å². The van der Waals surface area contributed by atoms with Gasteiger partial charge in [0, 0.05) is 26.4 Å². The first-order chi connectivity index (χ1) is 7.85. The molecule has 0 aromatic heterocycles. The first-order valence-electron chi connectivity index (χ1n) is 5.43. The van der Waals surface area contributed by atoms with Gasteiger partial charge in [0.2, 0.25) is 0 Å². The summed E-state index contributed by atoms with van der Waals surface area (Å²) in [6.45, 7) is 5.68. The minimum absolute atomic E-state index is 0.966. The van der Waals surface area contributed by atoms with Crippen LogP contribution in [0.1, 0.15) is 16.7 Å². The molecule has 2 rings (SSSR count). The molecule has 0 radical (unpaired) electrons. The molecule has 1 aliphatic rings. The molecule has 1 aromatic carbocycles. The van der Waals surface area contributed by atoms with Gasteiger partial charge in [-0.1, -0.05) is 30.9 Å². The van der Waals surface area contributed by atoms with Crippen LogP contribution in [-0.2, 0) is 13.1 Å². The summed E-state index contributed by atoms with van der Waals surface area (Å²) in [5.74, 6) is 0. The molecule has 0 aliphatic carbocycles. The minimum atomic E-state index is 0.966. The maximum absolute atomic E-state index is 4.07. The van der Waals surface area contributed by atoms with Crippen molar-refractivity contribution in [2.75, 3.05) is 7.05 Å². The van der Waals surface area contributed by atoms with E-state index in [1.54, 1.807) is 13.1 Å². The predicted molar refractivity (Wildman–Crippen MR) is 69.6 cm³/mol. The van der Waals surface area contributed by atoms with Crippen LogP contribution in [0.15, 0.2) is 41.9 Å². The van der Waals surface area contributed by atoms with Crippen LogP contribution in [0.25, 0.3) is 5.57 Å². The Morgan fingerprint density at radius 1 is 1.38 bits per heavy atom. The summed E-state index contributed by atoms with van der Waals surface area (Å²) in [6, 6.07) is 6.56. The molecule has 0 atom stereocenters. The lowest BCUT2D eigenvalue weighted by atomic mass is 10.0. The number of hydrogen-bond donors (Lipinski definition) is 1. The van der Waals surface area contributed by atoms with Crippen molar-refractivity contribution in [1.29, 1.82) is 0 Å². The van der Waals surface area contributed by atoms with E-state index in [4.69, 9.17) is 0 Å². The van der Waals surface area contributed by atoms with E-state index in [2.05, 4.69) is 35.1 Å². The number of hydrogen-bond acceptors (Lipinski definition) is 2. The summed E-state index contributed by atoms with van der Waals surface area (Å²) >= 11 is 0. The third kappa shape index (κ3) is 2.12. The Morgan fingerprint density at radius 3 is 2.94 bits per heavy atom. The fourth-order valence-corrected chi connectivity index (χ4v) is 1.95. The Labute approximate surface area is 96.4 Å². The van der Waals surface area contributed by atoms with E-state index in [9.17, 15) is 0 Å². The second-order valence-electron chi connectivity index (χ2n) is 3.83. The Kier molecular flexibility index (Phi) is 3.32. The van der Waals surface area contributed by atoms with Gasteiger partial charge in [0.25, 0.3) is 0 Å². The van der Waals surface area contributed by atoms with Gasteiger partial charge in [0.05, 0.1) is 0 Å². The Balaban J connectivity index is 2.39. The molecule has 0 saturated carbocycles. The van der Waals surface area contributed by atoms with Gasteiger partial charge in [-0.05, 0) is 28.3 Å². The molecule has 0 fully saturated rings. The third-order valence-corrected chi connectivity index (χ3v) is 2.74. The Hall–Kier alpha value is -1.67. The molecule has 0 unspecified atom stereocenters. The monoisotopic (exact) mass is 212 g/mol. The summed E-state index contributed by atoms with van der Waals surface area (Å²) in [5, 5.41) is 3.34. The molecule has 2 nitrogen and oxygen atoms in total. The van der Waals surface area contributed by atoms with Gasteiger partial charge < -0.3 is 5.32 Å². The van der Waals surface area contributed by atoms with E-state index in [1.165, 1.54) is 16.7 Å². The summed E-state index contributed by atoms with van der Waals surface area (Å²) in [4.78, 5) is 4.07. The van der Waals surface area contributed by atoms with Crippen LogP contribution in [0, 0.1) is 0 Å². The van der Waals surface area contributed by atoms with Crippen LogP contribution in [0.2, 0.25) is 0 Å². The highest BCUT2D eigenvalue weighted by atomic mass is 14.9. The average Bonchev–Trinajstić information content (AvgIpc) is 2.75. The van der Waals surface area contributed by atoms with Crippen molar-refractivity contribution in [2.24, 2.45) is 4.99 Å². The number of nitrogens with zero attached hydrogens (tertiary/aromatic N) is 1. The third-order valence-electron chi connectivity index (χ3n) is 2.74. The maximum Gasteiger partial charge on any atom is 0.0287 e. The van der Waals surface area contributed by atoms with E-state index in [-0.39, 0.29) is 0 Å². The first kappa shape index (κ1) is 10.8. The van der Waals surface area contributed by atoms with E-state index in [1.807, 2.05) is 12.3 Å². The fourth-order valence-electron chi connectivity index (χ4n) is 1.95. The molecule has 0 spiro atoms. The molecule has 1 N–H and O–H groups in total. The van der Waals surface area contributed by atoms with Crippen LogP contribution in [0.3, 0.4) is 0 Å². The highest BCUT2D eigenvalue weighted by Gasteiger charge is 2.10. The van der Waals surface area contributed by atoms with Gasteiger partial charge in [0.1, 0.15) is 0 Å². The second kappa shape index (κ2) is 4.90. The summed E-state index contributed by atoms with van der Waals surface area (Å²) in [7, 11) is 1.78. The molecule has 0 bridgehead atoms. The molecule has 1 aliphatic heterocycles. The van der Waals surface area contributed by atoms with Crippen LogP contribution in [-0.4, -0.2) is 13.3 Å². The van der Waals surface area contributed by atoms with Crippen molar-refractivity contribution in [2.45, 2.75) is 13.1 Å². The summed E-state index contributed by atoms with van der Waals surface area (Å²) in [6.07, 6.45) is 5.64. The van der Waals surface area contributed by atoms with E-state index < -0.39 is 0 Å². The summed E-state index contributed by atoms with van der Waals surface area (Å²) < 4.78 is 0. The van der Waals surface area contributed by atoms with E-state index >= 15 is 0 Å². The topological polar surface area (TPSA) is 24.4 Å². The molecule has 16 heavy (non-hydrogen) atoms. The number of rotatable bonds is 3. The highest BCUT2D eigenvalue weighted by molar-refractivity contribution is 6.10. The van der Waals surface area contributed by atoms with Crippen LogP contribution in [0.5, 0.6) is 0 Å². The molecular weight excluding hydrogens is 196 g/mol. The standard InChI is InChI=1S/C14H16N2/c1-3-4-12(8-15-2)11-5-6-13-9-16-10-14(13)7-11/h3-8,16H,1,9-10H2,2H3/b12-4+,15-8?. The quantitative estimate of drug-likeness (QED) is 0.604. The van der Waals surface area contributed by atoms with Crippen molar-refractivity contribution >= 4 is 11.8 Å². The van der Waals surface area contributed by atoms with Crippen molar-refractivity contribution in [1.82, 2.24) is 5.32 Å². The average molecular weight is 212 g/mol. The lowest BCUT2D eigenvalue weighted by Gasteiger charge is -2.04. The van der Waals surface area contributed by atoms with Crippen LogP contribution >= 0.6 is 0 Å². The molecule has 1 aromatic rings.